The number of hydrogen-bond acceptors (Lipinski definition) is 1. The molecule has 0 aliphatic carbocycles. The first-order chi connectivity index (χ1) is 8.15. The minimum Gasteiger partial charge on any atom is -0.343 e. The molecule has 0 spiro atoms. The zero-order valence-electron chi connectivity index (χ0n) is 10.8. The van der Waals surface area contributed by atoms with Crippen molar-refractivity contribution >= 4 is 5.91 Å². The first-order valence-electron chi connectivity index (χ1n) is 6.49. The number of nitrogens with zero attached hydrogens (tertiary/aromatic N) is 1. The van der Waals surface area contributed by atoms with Gasteiger partial charge in [0.15, 0.2) is 0 Å². The summed E-state index contributed by atoms with van der Waals surface area (Å²) in [6, 6.07) is 10.7. The van der Waals surface area contributed by atoms with E-state index >= 15 is 0 Å². The molecule has 0 radical (unpaired) electrons. The molecule has 92 valence electrons. The number of likely N-dealkylation sites (tertiary alicyclic amines) is 1. The van der Waals surface area contributed by atoms with E-state index in [2.05, 4.69) is 37.3 Å². The van der Waals surface area contributed by atoms with Gasteiger partial charge in [-0.15, -0.1) is 0 Å². The monoisotopic (exact) mass is 231 g/mol. The van der Waals surface area contributed by atoms with Crippen molar-refractivity contribution in [2.75, 3.05) is 13.1 Å². The van der Waals surface area contributed by atoms with E-state index in [1.165, 1.54) is 5.56 Å². The Kier molecular flexibility index (Phi) is 3.51. The van der Waals surface area contributed by atoms with Crippen LogP contribution in [0.4, 0.5) is 0 Å². The molecule has 1 aromatic rings. The molecule has 1 heterocycles. The van der Waals surface area contributed by atoms with E-state index in [1.807, 2.05) is 11.8 Å². The number of carbonyl (C=O) groups excluding carboxylic acids is 1. The van der Waals surface area contributed by atoms with Crippen molar-refractivity contribution in [1.29, 1.82) is 0 Å². The summed E-state index contributed by atoms with van der Waals surface area (Å²) in [5.74, 6) is 0.292. The quantitative estimate of drug-likeness (QED) is 0.766. The van der Waals surface area contributed by atoms with Crippen molar-refractivity contribution in [2.45, 2.75) is 38.5 Å². The van der Waals surface area contributed by atoms with Gasteiger partial charge in [-0.25, -0.2) is 0 Å². The minimum absolute atomic E-state index is 0.242. The number of benzene rings is 1. The Balaban J connectivity index is 2.05. The van der Waals surface area contributed by atoms with Crippen molar-refractivity contribution in [3.05, 3.63) is 35.9 Å². The average Bonchev–Trinajstić information content (AvgIpc) is 2.40. The second-order valence-corrected chi connectivity index (χ2v) is 5.16. The van der Waals surface area contributed by atoms with Gasteiger partial charge < -0.3 is 4.90 Å². The Labute approximate surface area is 104 Å². The molecular weight excluding hydrogens is 210 g/mol. The van der Waals surface area contributed by atoms with E-state index in [9.17, 15) is 4.79 Å². The zero-order chi connectivity index (χ0) is 12.3. The second-order valence-electron chi connectivity index (χ2n) is 5.16. The Morgan fingerprint density at radius 3 is 2.35 bits per heavy atom. The fraction of sp³-hybridized carbons (Fsp3) is 0.533. The molecule has 0 unspecified atom stereocenters. The van der Waals surface area contributed by atoms with Crippen LogP contribution in [0, 0.1) is 0 Å². The topological polar surface area (TPSA) is 20.3 Å². The summed E-state index contributed by atoms with van der Waals surface area (Å²) in [6.07, 6.45) is 2.77. The SMILES string of the molecule is CCC(=O)N1CCC(C)(c2ccccc2)CC1. The Morgan fingerprint density at radius 1 is 1.24 bits per heavy atom. The van der Waals surface area contributed by atoms with Crippen LogP contribution in [0.3, 0.4) is 0 Å². The van der Waals surface area contributed by atoms with E-state index in [-0.39, 0.29) is 5.41 Å². The van der Waals surface area contributed by atoms with Crippen LogP contribution >= 0.6 is 0 Å². The van der Waals surface area contributed by atoms with E-state index in [0.717, 1.165) is 25.9 Å². The summed E-state index contributed by atoms with van der Waals surface area (Å²) < 4.78 is 0. The standard InChI is InChI=1S/C15H21NO/c1-3-14(17)16-11-9-15(2,10-12-16)13-7-5-4-6-8-13/h4-8H,3,9-12H2,1-2H3. The third-order valence-corrected chi connectivity index (χ3v) is 3.99. The fourth-order valence-corrected chi connectivity index (χ4v) is 2.60. The van der Waals surface area contributed by atoms with Crippen molar-refractivity contribution < 1.29 is 4.79 Å². The lowest BCUT2D eigenvalue weighted by Crippen LogP contribution is -2.43. The highest BCUT2D eigenvalue weighted by Gasteiger charge is 2.32. The highest BCUT2D eigenvalue weighted by molar-refractivity contribution is 5.75. The van der Waals surface area contributed by atoms with Crippen molar-refractivity contribution in [3.63, 3.8) is 0 Å². The van der Waals surface area contributed by atoms with Crippen LogP contribution < -0.4 is 0 Å². The number of rotatable bonds is 2. The Morgan fingerprint density at radius 2 is 1.82 bits per heavy atom. The van der Waals surface area contributed by atoms with Crippen LogP contribution in [0.25, 0.3) is 0 Å². The molecular formula is C15H21NO. The van der Waals surface area contributed by atoms with Crippen LogP contribution in [-0.4, -0.2) is 23.9 Å². The summed E-state index contributed by atoms with van der Waals surface area (Å²) in [5, 5.41) is 0. The third-order valence-electron chi connectivity index (χ3n) is 3.99. The van der Waals surface area contributed by atoms with Crippen LogP contribution in [0.1, 0.15) is 38.7 Å². The second kappa shape index (κ2) is 4.91. The summed E-state index contributed by atoms with van der Waals surface area (Å²) >= 11 is 0. The molecule has 1 saturated heterocycles. The highest BCUT2D eigenvalue weighted by atomic mass is 16.2. The van der Waals surface area contributed by atoms with Crippen molar-refractivity contribution in [1.82, 2.24) is 4.90 Å². The van der Waals surface area contributed by atoms with E-state index in [1.54, 1.807) is 0 Å². The molecule has 1 amide bonds. The maximum atomic E-state index is 11.6. The largest absolute Gasteiger partial charge is 0.343 e. The molecule has 2 nitrogen and oxygen atoms in total. The fourth-order valence-electron chi connectivity index (χ4n) is 2.60. The van der Waals surface area contributed by atoms with Gasteiger partial charge in [0, 0.05) is 19.5 Å². The van der Waals surface area contributed by atoms with Gasteiger partial charge in [-0.1, -0.05) is 44.2 Å². The van der Waals surface area contributed by atoms with Crippen LogP contribution in [0.15, 0.2) is 30.3 Å². The molecule has 0 atom stereocenters. The predicted molar refractivity (Wildman–Crippen MR) is 69.9 cm³/mol. The van der Waals surface area contributed by atoms with Gasteiger partial charge in [0.25, 0.3) is 0 Å². The van der Waals surface area contributed by atoms with Gasteiger partial charge in [-0.3, -0.25) is 4.79 Å². The van der Waals surface area contributed by atoms with E-state index < -0.39 is 0 Å². The molecule has 0 saturated carbocycles. The molecule has 1 aromatic carbocycles. The summed E-state index contributed by atoms with van der Waals surface area (Å²) in [7, 11) is 0. The van der Waals surface area contributed by atoms with Crippen LogP contribution in [0.5, 0.6) is 0 Å². The number of piperidine rings is 1. The summed E-state index contributed by atoms with van der Waals surface area (Å²) in [6.45, 7) is 6.06. The van der Waals surface area contributed by atoms with Gasteiger partial charge in [0.2, 0.25) is 5.91 Å². The molecule has 17 heavy (non-hydrogen) atoms. The molecule has 1 aliphatic rings. The first-order valence-corrected chi connectivity index (χ1v) is 6.49. The molecule has 0 aromatic heterocycles. The van der Waals surface area contributed by atoms with Crippen LogP contribution in [0.2, 0.25) is 0 Å². The number of amides is 1. The minimum atomic E-state index is 0.242. The van der Waals surface area contributed by atoms with Gasteiger partial charge in [-0.05, 0) is 23.8 Å². The maximum Gasteiger partial charge on any atom is 0.222 e. The Bertz CT molecular complexity index is 377. The van der Waals surface area contributed by atoms with Crippen molar-refractivity contribution in [3.8, 4) is 0 Å². The third kappa shape index (κ3) is 2.51. The van der Waals surface area contributed by atoms with E-state index in [4.69, 9.17) is 0 Å². The molecule has 1 fully saturated rings. The lowest BCUT2D eigenvalue weighted by atomic mass is 9.74. The van der Waals surface area contributed by atoms with Gasteiger partial charge in [-0.2, -0.15) is 0 Å². The predicted octanol–water partition coefficient (Wildman–Crippen LogP) is 2.98. The van der Waals surface area contributed by atoms with Gasteiger partial charge in [0.1, 0.15) is 0 Å². The molecule has 1 aliphatic heterocycles. The van der Waals surface area contributed by atoms with Gasteiger partial charge in [0.05, 0.1) is 0 Å². The van der Waals surface area contributed by atoms with Crippen molar-refractivity contribution in [2.24, 2.45) is 0 Å². The normalized spacial score (nSPS) is 19.1. The zero-order valence-corrected chi connectivity index (χ0v) is 10.8. The highest BCUT2D eigenvalue weighted by Crippen LogP contribution is 2.34. The molecule has 2 rings (SSSR count). The lowest BCUT2D eigenvalue weighted by Gasteiger charge is -2.39. The maximum absolute atomic E-state index is 11.6. The number of hydrogen-bond donors (Lipinski definition) is 0. The first kappa shape index (κ1) is 12.2. The van der Waals surface area contributed by atoms with E-state index in [0.29, 0.717) is 12.3 Å². The smallest absolute Gasteiger partial charge is 0.222 e. The van der Waals surface area contributed by atoms with Crippen LogP contribution in [-0.2, 0) is 10.2 Å². The molecule has 0 N–H and O–H groups in total. The lowest BCUT2D eigenvalue weighted by molar-refractivity contribution is -0.132. The van der Waals surface area contributed by atoms with Gasteiger partial charge >= 0.3 is 0 Å². The Hall–Kier alpha value is -1.31. The molecule has 2 heteroatoms. The average molecular weight is 231 g/mol. The summed E-state index contributed by atoms with van der Waals surface area (Å²) in [5.41, 5.74) is 1.65. The molecule has 0 bridgehead atoms. The summed E-state index contributed by atoms with van der Waals surface area (Å²) in [4.78, 5) is 13.6. The number of carbonyl (C=O) groups is 1.